The maximum atomic E-state index is 12.7. The summed E-state index contributed by atoms with van der Waals surface area (Å²) in [6.45, 7) is 3.39. The highest BCUT2D eigenvalue weighted by Crippen LogP contribution is 2.32. The molecule has 0 unspecified atom stereocenters. The molecule has 2 aromatic carbocycles. The van der Waals surface area contributed by atoms with Crippen LogP contribution in [0.25, 0.3) is 20.8 Å². The van der Waals surface area contributed by atoms with Crippen molar-refractivity contribution >= 4 is 33.4 Å². The summed E-state index contributed by atoms with van der Waals surface area (Å²) < 4.78 is 6.43. The van der Waals surface area contributed by atoms with Gasteiger partial charge in [-0.2, -0.15) is 0 Å². The molecule has 5 nitrogen and oxygen atoms in total. The van der Waals surface area contributed by atoms with Gasteiger partial charge in [0.1, 0.15) is 5.01 Å². The SMILES string of the molecule is C[C@@H]1CCCN(C(=O)COC(=O)c2ccccc2-c2nc3ccccc3s2)C1. The smallest absolute Gasteiger partial charge is 0.339 e. The Bertz CT molecular complexity index is 981. The number of piperidine rings is 1. The van der Waals surface area contributed by atoms with Crippen molar-refractivity contribution in [1.82, 2.24) is 9.88 Å². The third-order valence-electron chi connectivity index (χ3n) is 5.01. The van der Waals surface area contributed by atoms with E-state index < -0.39 is 5.97 Å². The zero-order valence-corrected chi connectivity index (χ0v) is 16.6. The van der Waals surface area contributed by atoms with Gasteiger partial charge in [-0.1, -0.05) is 37.3 Å². The topological polar surface area (TPSA) is 59.5 Å². The summed E-state index contributed by atoms with van der Waals surface area (Å²) in [5, 5.41) is 0.768. The molecule has 1 fully saturated rings. The molecule has 28 heavy (non-hydrogen) atoms. The van der Waals surface area contributed by atoms with Crippen LogP contribution in [0.1, 0.15) is 30.1 Å². The normalized spacial score (nSPS) is 16.9. The Kier molecular flexibility index (Phi) is 5.39. The zero-order chi connectivity index (χ0) is 19.5. The van der Waals surface area contributed by atoms with Crippen LogP contribution in [0.3, 0.4) is 0 Å². The average molecular weight is 394 g/mol. The molecule has 6 heteroatoms. The summed E-state index contributed by atoms with van der Waals surface area (Å²) in [5.74, 6) is -0.126. The first kappa shape index (κ1) is 18.6. The van der Waals surface area contributed by atoms with E-state index in [0.29, 0.717) is 11.5 Å². The number of thiazole rings is 1. The number of carbonyl (C=O) groups excluding carboxylic acids is 2. The Labute approximate surface area is 168 Å². The third kappa shape index (κ3) is 3.92. The Morgan fingerprint density at radius 3 is 2.79 bits per heavy atom. The van der Waals surface area contributed by atoms with Gasteiger partial charge in [-0.3, -0.25) is 4.79 Å². The zero-order valence-electron chi connectivity index (χ0n) is 15.8. The van der Waals surface area contributed by atoms with Crippen LogP contribution in [0.2, 0.25) is 0 Å². The van der Waals surface area contributed by atoms with Crippen LogP contribution in [-0.4, -0.2) is 41.5 Å². The van der Waals surface area contributed by atoms with Crippen molar-refractivity contribution in [1.29, 1.82) is 0 Å². The standard InChI is InChI=1S/C22H22N2O3S/c1-15-7-6-12-24(13-15)20(25)14-27-22(26)17-9-3-2-8-16(17)21-23-18-10-4-5-11-19(18)28-21/h2-5,8-11,15H,6-7,12-14H2,1H3/t15-/m1/s1. The second-order valence-corrected chi connectivity index (χ2v) is 8.23. The van der Waals surface area contributed by atoms with Crippen molar-refractivity contribution in [3.63, 3.8) is 0 Å². The quantitative estimate of drug-likeness (QED) is 0.616. The van der Waals surface area contributed by atoms with Crippen LogP contribution in [-0.2, 0) is 9.53 Å². The number of ether oxygens (including phenoxy) is 1. The molecule has 0 N–H and O–H groups in total. The molecule has 1 saturated heterocycles. The number of fused-ring (bicyclic) bond motifs is 1. The number of likely N-dealkylation sites (tertiary alicyclic amines) is 1. The van der Waals surface area contributed by atoms with E-state index in [0.717, 1.165) is 46.7 Å². The first-order valence-electron chi connectivity index (χ1n) is 9.51. The van der Waals surface area contributed by atoms with Gasteiger partial charge in [-0.05, 0) is 37.0 Å². The van der Waals surface area contributed by atoms with Gasteiger partial charge in [0, 0.05) is 18.7 Å². The molecular weight excluding hydrogens is 372 g/mol. The summed E-state index contributed by atoms with van der Waals surface area (Å²) in [6, 6.07) is 15.1. The summed E-state index contributed by atoms with van der Waals surface area (Å²) in [6.07, 6.45) is 2.14. The Morgan fingerprint density at radius 1 is 1.18 bits per heavy atom. The lowest BCUT2D eigenvalue weighted by atomic mass is 10.0. The van der Waals surface area contributed by atoms with E-state index >= 15 is 0 Å². The predicted molar refractivity (Wildman–Crippen MR) is 110 cm³/mol. The van der Waals surface area contributed by atoms with Gasteiger partial charge in [-0.15, -0.1) is 11.3 Å². The van der Waals surface area contributed by atoms with Crippen LogP contribution < -0.4 is 0 Å². The van der Waals surface area contributed by atoms with Crippen molar-refractivity contribution in [3.8, 4) is 10.6 Å². The minimum atomic E-state index is -0.492. The highest BCUT2D eigenvalue weighted by atomic mass is 32.1. The number of benzene rings is 2. The molecule has 4 rings (SSSR count). The average Bonchev–Trinajstić information content (AvgIpc) is 3.16. The molecular formula is C22H22N2O3S. The summed E-state index contributed by atoms with van der Waals surface area (Å²) in [4.78, 5) is 31.5. The fraction of sp³-hybridized carbons (Fsp3) is 0.318. The van der Waals surface area contributed by atoms with E-state index in [2.05, 4.69) is 11.9 Å². The fourth-order valence-corrected chi connectivity index (χ4v) is 4.55. The van der Waals surface area contributed by atoms with Crippen molar-refractivity contribution in [3.05, 3.63) is 54.1 Å². The highest BCUT2D eigenvalue weighted by molar-refractivity contribution is 7.21. The number of aromatic nitrogens is 1. The number of hydrogen-bond acceptors (Lipinski definition) is 5. The van der Waals surface area contributed by atoms with Crippen molar-refractivity contribution in [2.24, 2.45) is 5.92 Å². The number of para-hydroxylation sites is 1. The Morgan fingerprint density at radius 2 is 1.96 bits per heavy atom. The van der Waals surface area contributed by atoms with E-state index in [1.54, 1.807) is 17.0 Å². The summed E-state index contributed by atoms with van der Waals surface area (Å²) in [7, 11) is 0. The van der Waals surface area contributed by atoms with E-state index in [9.17, 15) is 9.59 Å². The Balaban J connectivity index is 1.50. The largest absolute Gasteiger partial charge is 0.452 e. The maximum Gasteiger partial charge on any atom is 0.339 e. The lowest BCUT2D eigenvalue weighted by molar-refractivity contribution is -0.136. The third-order valence-corrected chi connectivity index (χ3v) is 6.08. The van der Waals surface area contributed by atoms with Gasteiger partial charge >= 0.3 is 5.97 Å². The monoisotopic (exact) mass is 394 g/mol. The van der Waals surface area contributed by atoms with Crippen LogP contribution in [0.5, 0.6) is 0 Å². The molecule has 2 heterocycles. The molecule has 1 amide bonds. The first-order valence-corrected chi connectivity index (χ1v) is 10.3. The molecule has 0 saturated carbocycles. The lowest BCUT2D eigenvalue weighted by Crippen LogP contribution is -2.41. The molecule has 0 aliphatic carbocycles. The van der Waals surface area contributed by atoms with Gasteiger partial charge in [0.15, 0.2) is 6.61 Å². The van der Waals surface area contributed by atoms with Crippen LogP contribution in [0.4, 0.5) is 0 Å². The number of esters is 1. The number of hydrogen-bond donors (Lipinski definition) is 0. The molecule has 1 aliphatic heterocycles. The van der Waals surface area contributed by atoms with E-state index in [1.807, 2.05) is 36.4 Å². The van der Waals surface area contributed by atoms with Gasteiger partial charge in [0.2, 0.25) is 0 Å². The van der Waals surface area contributed by atoms with Crippen molar-refractivity contribution < 1.29 is 14.3 Å². The number of nitrogens with zero attached hydrogens (tertiary/aromatic N) is 2. The Hall–Kier alpha value is -2.73. The molecule has 144 valence electrons. The van der Waals surface area contributed by atoms with E-state index in [4.69, 9.17) is 4.74 Å². The molecule has 1 aromatic heterocycles. The highest BCUT2D eigenvalue weighted by Gasteiger charge is 2.23. The molecule has 3 aromatic rings. The fourth-order valence-electron chi connectivity index (χ4n) is 3.55. The second kappa shape index (κ2) is 8.10. The van der Waals surface area contributed by atoms with Crippen molar-refractivity contribution in [2.75, 3.05) is 19.7 Å². The van der Waals surface area contributed by atoms with Gasteiger partial charge in [0.25, 0.3) is 5.91 Å². The molecule has 0 radical (unpaired) electrons. The molecule has 0 bridgehead atoms. The second-order valence-electron chi connectivity index (χ2n) is 7.20. The number of carbonyl (C=O) groups is 2. The number of amides is 1. The maximum absolute atomic E-state index is 12.7. The predicted octanol–water partition coefficient (Wildman–Crippen LogP) is 4.38. The minimum Gasteiger partial charge on any atom is -0.452 e. The molecule has 1 atom stereocenters. The van der Waals surface area contributed by atoms with Gasteiger partial charge < -0.3 is 9.64 Å². The van der Waals surface area contributed by atoms with Gasteiger partial charge in [-0.25, -0.2) is 9.78 Å². The van der Waals surface area contributed by atoms with Gasteiger partial charge in [0.05, 0.1) is 15.8 Å². The lowest BCUT2D eigenvalue weighted by Gasteiger charge is -2.30. The minimum absolute atomic E-state index is 0.127. The van der Waals surface area contributed by atoms with E-state index in [-0.39, 0.29) is 12.5 Å². The summed E-state index contributed by atoms with van der Waals surface area (Å²) in [5.41, 5.74) is 2.06. The van der Waals surface area contributed by atoms with Crippen LogP contribution in [0, 0.1) is 5.92 Å². The number of rotatable bonds is 4. The first-order chi connectivity index (χ1) is 13.6. The molecule has 1 aliphatic rings. The molecule has 0 spiro atoms. The summed E-state index contributed by atoms with van der Waals surface area (Å²) >= 11 is 1.54. The van der Waals surface area contributed by atoms with E-state index in [1.165, 1.54) is 11.3 Å². The van der Waals surface area contributed by atoms with Crippen molar-refractivity contribution in [2.45, 2.75) is 19.8 Å². The van der Waals surface area contributed by atoms with Crippen LogP contribution >= 0.6 is 11.3 Å². The van der Waals surface area contributed by atoms with Crippen LogP contribution in [0.15, 0.2) is 48.5 Å².